The Balaban J connectivity index is 2.26. The summed E-state index contributed by atoms with van der Waals surface area (Å²) in [6, 6.07) is 0. The van der Waals surface area contributed by atoms with Gasteiger partial charge in [0.15, 0.2) is 0 Å². The number of imidazole rings is 1. The van der Waals surface area contributed by atoms with Crippen LogP contribution in [0.5, 0.6) is 0 Å². The maximum Gasteiger partial charge on any atom is 0.305 e. The third-order valence-electron chi connectivity index (χ3n) is 4.32. The molecule has 0 bridgehead atoms. The number of rotatable bonds is 4. The van der Waals surface area contributed by atoms with Gasteiger partial charge < -0.3 is 14.6 Å². The molecule has 110 valence electrons. The molecule has 0 aromatic carbocycles. The molecule has 20 heavy (non-hydrogen) atoms. The first kappa shape index (κ1) is 14.6. The number of amides is 1. The highest BCUT2D eigenvalue weighted by Gasteiger charge is 2.41. The number of hydrogen-bond acceptors (Lipinski definition) is 3. The molecular weight excluding hydrogens is 258 g/mol. The summed E-state index contributed by atoms with van der Waals surface area (Å²) in [5.41, 5.74) is -0.0753. The molecule has 1 aliphatic rings. The molecular formula is C14H21N3O3. The van der Waals surface area contributed by atoms with Gasteiger partial charge in [0, 0.05) is 14.1 Å². The van der Waals surface area contributed by atoms with Crippen LogP contribution in [0.4, 0.5) is 0 Å². The summed E-state index contributed by atoms with van der Waals surface area (Å²) in [6.07, 6.45) is 7.65. The van der Waals surface area contributed by atoms with Gasteiger partial charge in [0.1, 0.15) is 5.69 Å². The minimum atomic E-state index is -0.850. The van der Waals surface area contributed by atoms with E-state index < -0.39 is 11.5 Å². The number of aromatic nitrogens is 2. The van der Waals surface area contributed by atoms with Crippen LogP contribution in [0.3, 0.4) is 0 Å². The van der Waals surface area contributed by atoms with E-state index in [0.29, 0.717) is 5.69 Å². The fourth-order valence-electron chi connectivity index (χ4n) is 3.07. The number of hydrogen-bond donors (Lipinski definition) is 1. The molecule has 6 heteroatoms. The van der Waals surface area contributed by atoms with Gasteiger partial charge in [0.2, 0.25) is 0 Å². The van der Waals surface area contributed by atoms with E-state index in [1.54, 1.807) is 29.9 Å². The minimum Gasteiger partial charge on any atom is -0.481 e. The van der Waals surface area contributed by atoms with Crippen LogP contribution in [0.2, 0.25) is 0 Å². The molecule has 1 fully saturated rings. The summed E-state index contributed by atoms with van der Waals surface area (Å²) in [7, 11) is 3.47. The number of aryl methyl sites for hydroxylation is 1. The molecule has 2 rings (SSSR count). The average molecular weight is 279 g/mol. The van der Waals surface area contributed by atoms with Gasteiger partial charge in [-0.1, -0.05) is 19.3 Å². The lowest BCUT2D eigenvalue weighted by atomic mass is 9.78. The second-order valence-corrected chi connectivity index (χ2v) is 5.61. The van der Waals surface area contributed by atoms with Crippen molar-refractivity contribution in [3.05, 3.63) is 18.2 Å². The zero-order chi connectivity index (χ0) is 14.8. The van der Waals surface area contributed by atoms with Gasteiger partial charge in [-0.3, -0.25) is 9.59 Å². The largest absolute Gasteiger partial charge is 0.481 e. The van der Waals surface area contributed by atoms with Crippen LogP contribution in [0.15, 0.2) is 12.5 Å². The van der Waals surface area contributed by atoms with Crippen molar-refractivity contribution in [2.24, 2.45) is 7.05 Å². The van der Waals surface area contributed by atoms with Crippen molar-refractivity contribution >= 4 is 11.9 Å². The third kappa shape index (κ3) is 2.69. The fourth-order valence-corrected chi connectivity index (χ4v) is 3.07. The van der Waals surface area contributed by atoms with Crippen molar-refractivity contribution in [2.45, 2.75) is 44.1 Å². The van der Waals surface area contributed by atoms with Crippen molar-refractivity contribution in [2.75, 3.05) is 7.05 Å². The van der Waals surface area contributed by atoms with Crippen LogP contribution in [-0.2, 0) is 11.8 Å². The van der Waals surface area contributed by atoms with Gasteiger partial charge in [0.05, 0.1) is 24.5 Å². The average Bonchev–Trinajstić information content (AvgIpc) is 2.83. The molecule has 1 heterocycles. The number of carboxylic acids is 1. The van der Waals surface area contributed by atoms with E-state index >= 15 is 0 Å². The molecule has 1 aromatic heterocycles. The predicted octanol–water partition coefficient (Wildman–Crippen LogP) is 1.67. The molecule has 0 aliphatic heterocycles. The smallest absolute Gasteiger partial charge is 0.305 e. The van der Waals surface area contributed by atoms with Crippen LogP contribution in [-0.4, -0.2) is 44.0 Å². The molecule has 1 aromatic rings. The van der Waals surface area contributed by atoms with E-state index in [0.717, 1.165) is 32.1 Å². The maximum atomic E-state index is 12.6. The molecule has 0 radical (unpaired) electrons. The Morgan fingerprint density at radius 1 is 1.40 bits per heavy atom. The molecule has 0 saturated heterocycles. The lowest BCUT2D eigenvalue weighted by Gasteiger charge is -2.43. The number of aliphatic carboxylic acids is 1. The Labute approximate surface area is 118 Å². The number of carbonyl (C=O) groups excluding carboxylic acids is 1. The van der Waals surface area contributed by atoms with E-state index in [2.05, 4.69) is 4.98 Å². The van der Waals surface area contributed by atoms with Gasteiger partial charge in [-0.2, -0.15) is 0 Å². The highest BCUT2D eigenvalue weighted by molar-refractivity contribution is 5.93. The Morgan fingerprint density at radius 2 is 2.05 bits per heavy atom. The SMILES string of the molecule is CN(C(=O)c1cncn1C)C1(CC(=O)O)CCCCC1. The second-order valence-electron chi connectivity index (χ2n) is 5.61. The standard InChI is InChI=1S/C14H21N3O3/c1-16-10-15-9-11(16)13(20)17(2)14(8-12(18)19)6-4-3-5-7-14/h9-10H,3-8H2,1-2H3,(H,18,19). The molecule has 1 saturated carbocycles. The summed E-state index contributed by atoms with van der Waals surface area (Å²) < 4.78 is 1.66. The highest BCUT2D eigenvalue weighted by atomic mass is 16.4. The minimum absolute atomic E-state index is 0.00704. The van der Waals surface area contributed by atoms with Crippen molar-refractivity contribution < 1.29 is 14.7 Å². The Hall–Kier alpha value is -1.85. The zero-order valence-electron chi connectivity index (χ0n) is 12.0. The first-order chi connectivity index (χ1) is 9.46. The fraction of sp³-hybridized carbons (Fsp3) is 0.643. The Kier molecular flexibility index (Phi) is 4.11. The monoisotopic (exact) mass is 279 g/mol. The van der Waals surface area contributed by atoms with Crippen LogP contribution >= 0.6 is 0 Å². The van der Waals surface area contributed by atoms with E-state index in [1.165, 1.54) is 6.20 Å². The molecule has 1 N–H and O–H groups in total. The van der Waals surface area contributed by atoms with E-state index in [9.17, 15) is 14.7 Å². The van der Waals surface area contributed by atoms with E-state index in [1.807, 2.05) is 0 Å². The van der Waals surface area contributed by atoms with Gasteiger partial charge in [-0.05, 0) is 12.8 Å². The van der Waals surface area contributed by atoms with Crippen LogP contribution < -0.4 is 0 Å². The third-order valence-corrected chi connectivity index (χ3v) is 4.32. The van der Waals surface area contributed by atoms with E-state index in [-0.39, 0.29) is 12.3 Å². The van der Waals surface area contributed by atoms with Crippen LogP contribution in [0, 0.1) is 0 Å². The molecule has 0 atom stereocenters. The first-order valence-electron chi connectivity index (χ1n) is 6.92. The van der Waals surface area contributed by atoms with Crippen molar-refractivity contribution in [3.63, 3.8) is 0 Å². The Bertz CT molecular complexity index is 504. The van der Waals surface area contributed by atoms with Crippen molar-refractivity contribution in [1.82, 2.24) is 14.5 Å². The van der Waals surface area contributed by atoms with Gasteiger partial charge >= 0.3 is 5.97 Å². The topological polar surface area (TPSA) is 75.4 Å². The number of carbonyl (C=O) groups is 2. The molecule has 6 nitrogen and oxygen atoms in total. The Morgan fingerprint density at radius 3 is 2.55 bits per heavy atom. The van der Waals surface area contributed by atoms with Crippen LogP contribution in [0.1, 0.15) is 49.0 Å². The summed E-state index contributed by atoms with van der Waals surface area (Å²) in [4.78, 5) is 29.4. The lowest BCUT2D eigenvalue weighted by molar-refractivity contribution is -0.140. The van der Waals surface area contributed by atoms with Crippen molar-refractivity contribution in [1.29, 1.82) is 0 Å². The summed E-state index contributed by atoms with van der Waals surface area (Å²) in [6.45, 7) is 0. The van der Waals surface area contributed by atoms with E-state index in [4.69, 9.17) is 0 Å². The number of nitrogens with zero attached hydrogens (tertiary/aromatic N) is 3. The van der Waals surface area contributed by atoms with Gasteiger partial charge in [-0.15, -0.1) is 0 Å². The normalized spacial score (nSPS) is 17.7. The highest BCUT2D eigenvalue weighted by Crippen LogP contribution is 2.36. The maximum absolute atomic E-state index is 12.6. The van der Waals surface area contributed by atoms with Crippen LogP contribution in [0.25, 0.3) is 0 Å². The quantitative estimate of drug-likeness (QED) is 0.909. The number of carboxylic acid groups (broad SMARTS) is 1. The zero-order valence-corrected chi connectivity index (χ0v) is 12.0. The molecule has 1 aliphatic carbocycles. The second kappa shape index (κ2) is 5.64. The summed E-state index contributed by atoms with van der Waals surface area (Å²) >= 11 is 0. The lowest BCUT2D eigenvalue weighted by Crippen LogP contribution is -2.52. The molecule has 1 amide bonds. The van der Waals surface area contributed by atoms with Gasteiger partial charge in [0.25, 0.3) is 5.91 Å². The predicted molar refractivity (Wildman–Crippen MR) is 73.4 cm³/mol. The summed E-state index contributed by atoms with van der Waals surface area (Å²) in [5, 5.41) is 9.19. The molecule has 0 unspecified atom stereocenters. The first-order valence-corrected chi connectivity index (χ1v) is 6.92. The van der Waals surface area contributed by atoms with Gasteiger partial charge in [-0.25, -0.2) is 4.98 Å². The summed E-state index contributed by atoms with van der Waals surface area (Å²) in [5.74, 6) is -1.01. The molecule has 0 spiro atoms. The van der Waals surface area contributed by atoms with Crippen molar-refractivity contribution in [3.8, 4) is 0 Å².